The second-order valence-corrected chi connectivity index (χ2v) is 7.45. The highest BCUT2D eigenvalue weighted by Crippen LogP contribution is 2.53. The molecular weight excluding hydrogens is 344 g/mol. The van der Waals surface area contributed by atoms with Crippen LogP contribution >= 0.6 is 11.8 Å². The van der Waals surface area contributed by atoms with Gasteiger partial charge in [0, 0.05) is 40.0 Å². The van der Waals surface area contributed by atoms with Crippen LogP contribution in [0.1, 0.15) is 24.7 Å². The van der Waals surface area contributed by atoms with Gasteiger partial charge in [-0.2, -0.15) is 0 Å². The lowest BCUT2D eigenvalue weighted by molar-refractivity contribution is -0.130. The van der Waals surface area contributed by atoms with Crippen molar-refractivity contribution in [2.24, 2.45) is 0 Å². The van der Waals surface area contributed by atoms with E-state index in [1.165, 1.54) is 0 Å². The molecule has 0 saturated carbocycles. The van der Waals surface area contributed by atoms with E-state index in [0.29, 0.717) is 13.1 Å². The standard InChI is InChI=1S/C21H22N2O2S/c1-4-23(5-2)21(24)20-18-17-14(10-8-11-15(17)25-3)22-19(18)13-9-6-7-12-16(13)26-20/h6-12,20,22H,4-5H2,1-3H3. The van der Waals surface area contributed by atoms with Gasteiger partial charge in [0.25, 0.3) is 0 Å². The Morgan fingerprint density at radius 1 is 1.15 bits per heavy atom. The summed E-state index contributed by atoms with van der Waals surface area (Å²) in [6, 6.07) is 14.2. The Morgan fingerprint density at radius 3 is 2.65 bits per heavy atom. The molecule has 26 heavy (non-hydrogen) atoms. The molecule has 0 radical (unpaired) electrons. The van der Waals surface area contributed by atoms with E-state index in [2.05, 4.69) is 17.1 Å². The number of benzene rings is 2. The number of aromatic nitrogens is 1. The second kappa shape index (κ2) is 6.72. The summed E-state index contributed by atoms with van der Waals surface area (Å²) in [5, 5.41) is 0.738. The Bertz CT molecular complexity index is 975. The monoisotopic (exact) mass is 366 g/mol. The minimum Gasteiger partial charge on any atom is -0.496 e. The number of aromatic amines is 1. The maximum atomic E-state index is 13.3. The molecule has 1 aliphatic rings. The summed E-state index contributed by atoms with van der Waals surface area (Å²) < 4.78 is 5.63. The number of carbonyl (C=O) groups excluding carboxylic acids is 1. The molecule has 1 unspecified atom stereocenters. The van der Waals surface area contributed by atoms with E-state index in [-0.39, 0.29) is 11.2 Å². The van der Waals surface area contributed by atoms with E-state index in [9.17, 15) is 4.79 Å². The van der Waals surface area contributed by atoms with Gasteiger partial charge in [0.15, 0.2) is 0 Å². The third-order valence-corrected chi connectivity index (χ3v) is 6.29. The van der Waals surface area contributed by atoms with Gasteiger partial charge in [0.2, 0.25) is 5.91 Å². The molecule has 134 valence electrons. The molecule has 4 nitrogen and oxygen atoms in total. The number of carbonyl (C=O) groups is 1. The predicted molar refractivity (Wildman–Crippen MR) is 107 cm³/mol. The zero-order valence-electron chi connectivity index (χ0n) is 15.2. The molecule has 0 spiro atoms. The van der Waals surface area contributed by atoms with Crippen LogP contribution < -0.4 is 4.74 Å². The lowest BCUT2D eigenvalue weighted by Crippen LogP contribution is -2.34. The zero-order chi connectivity index (χ0) is 18.3. The van der Waals surface area contributed by atoms with Gasteiger partial charge in [-0.3, -0.25) is 4.79 Å². The van der Waals surface area contributed by atoms with Gasteiger partial charge in [0.05, 0.1) is 12.8 Å². The maximum Gasteiger partial charge on any atom is 0.240 e. The Labute approximate surface area is 157 Å². The average molecular weight is 366 g/mol. The average Bonchev–Trinajstić information content (AvgIpc) is 3.08. The van der Waals surface area contributed by atoms with E-state index < -0.39 is 0 Å². The van der Waals surface area contributed by atoms with Crippen molar-refractivity contribution < 1.29 is 9.53 Å². The fraction of sp³-hybridized carbons (Fsp3) is 0.286. The van der Waals surface area contributed by atoms with E-state index in [4.69, 9.17) is 4.74 Å². The zero-order valence-corrected chi connectivity index (χ0v) is 16.0. The Kier molecular flexibility index (Phi) is 4.41. The fourth-order valence-corrected chi connectivity index (χ4v) is 5.03. The van der Waals surface area contributed by atoms with Crippen LogP contribution in [-0.4, -0.2) is 36.0 Å². The molecule has 1 atom stereocenters. The van der Waals surface area contributed by atoms with Gasteiger partial charge in [0.1, 0.15) is 11.0 Å². The summed E-state index contributed by atoms with van der Waals surface area (Å²) in [6.07, 6.45) is 0. The fourth-order valence-electron chi connectivity index (χ4n) is 3.72. The lowest BCUT2D eigenvalue weighted by atomic mass is 10.00. The van der Waals surface area contributed by atoms with Crippen molar-refractivity contribution in [3.8, 4) is 17.0 Å². The molecule has 4 rings (SSSR count). The molecule has 0 bridgehead atoms. The van der Waals surface area contributed by atoms with Crippen molar-refractivity contribution in [2.45, 2.75) is 24.0 Å². The first-order valence-corrected chi connectivity index (χ1v) is 9.80. The number of nitrogens with zero attached hydrogens (tertiary/aromatic N) is 1. The van der Waals surface area contributed by atoms with E-state index in [1.54, 1.807) is 18.9 Å². The van der Waals surface area contributed by atoms with Crippen molar-refractivity contribution in [3.63, 3.8) is 0 Å². The van der Waals surface area contributed by atoms with Crippen molar-refractivity contribution in [3.05, 3.63) is 48.0 Å². The summed E-state index contributed by atoms with van der Waals surface area (Å²) >= 11 is 1.64. The third kappa shape index (κ3) is 2.50. The van der Waals surface area contributed by atoms with E-state index >= 15 is 0 Å². The minimum absolute atomic E-state index is 0.155. The number of amides is 1. The first-order chi connectivity index (χ1) is 12.7. The first-order valence-electron chi connectivity index (χ1n) is 8.93. The normalized spacial score (nSPS) is 15.4. The maximum absolute atomic E-state index is 13.3. The first kappa shape index (κ1) is 17.0. The Hall–Kier alpha value is -2.40. The number of nitrogens with one attached hydrogen (secondary N) is 1. The van der Waals surface area contributed by atoms with Crippen molar-refractivity contribution in [1.82, 2.24) is 9.88 Å². The van der Waals surface area contributed by atoms with Crippen molar-refractivity contribution in [2.75, 3.05) is 20.2 Å². The predicted octanol–water partition coefficient (Wildman–Crippen LogP) is 4.86. The molecule has 2 heterocycles. The number of methoxy groups -OCH3 is 1. The van der Waals surface area contributed by atoms with E-state index in [1.807, 2.05) is 49.1 Å². The Morgan fingerprint density at radius 2 is 1.92 bits per heavy atom. The molecule has 3 aromatic rings. The van der Waals surface area contributed by atoms with Gasteiger partial charge in [-0.1, -0.05) is 24.3 Å². The summed E-state index contributed by atoms with van der Waals surface area (Å²) in [6.45, 7) is 5.48. The van der Waals surface area contributed by atoms with Crippen LogP contribution in [0.3, 0.4) is 0 Å². The van der Waals surface area contributed by atoms with Crippen molar-refractivity contribution in [1.29, 1.82) is 0 Å². The SMILES string of the molecule is CCN(CC)C(=O)C1Sc2ccccc2-c2[nH]c3cccc(OC)c3c21. The highest BCUT2D eigenvalue weighted by atomic mass is 32.2. The summed E-state index contributed by atoms with van der Waals surface area (Å²) in [5.41, 5.74) is 4.22. The third-order valence-electron chi connectivity index (χ3n) is 5.01. The van der Waals surface area contributed by atoms with Gasteiger partial charge >= 0.3 is 0 Å². The molecule has 1 amide bonds. The second-order valence-electron chi connectivity index (χ2n) is 6.30. The van der Waals surface area contributed by atoms with Crippen LogP contribution in [0, 0.1) is 0 Å². The number of thioether (sulfide) groups is 1. The molecule has 1 aliphatic heterocycles. The number of likely N-dealkylation sites (N-methyl/N-ethyl adjacent to an activating group) is 1. The summed E-state index contributed by atoms with van der Waals surface area (Å²) in [7, 11) is 1.68. The highest BCUT2D eigenvalue weighted by Gasteiger charge is 2.36. The molecule has 2 aromatic carbocycles. The number of ether oxygens (including phenoxy) is 1. The molecular formula is C21H22N2O2S. The van der Waals surface area contributed by atoms with Crippen LogP contribution in [-0.2, 0) is 4.79 Å². The number of hydrogen-bond donors (Lipinski definition) is 1. The quantitative estimate of drug-likeness (QED) is 0.717. The number of fused-ring (bicyclic) bond motifs is 5. The highest BCUT2D eigenvalue weighted by molar-refractivity contribution is 8.00. The van der Waals surface area contributed by atoms with Crippen LogP contribution in [0.25, 0.3) is 22.2 Å². The van der Waals surface area contributed by atoms with Crippen LogP contribution in [0.15, 0.2) is 47.4 Å². The summed E-state index contributed by atoms with van der Waals surface area (Å²) in [4.78, 5) is 19.9. The van der Waals surface area contributed by atoms with Gasteiger partial charge in [-0.15, -0.1) is 11.8 Å². The van der Waals surface area contributed by atoms with Gasteiger partial charge in [-0.25, -0.2) is 0 Å². The van der Waals surface area contributed by atoms with Crippen LogP contribution in [0.4, 0.5) is 0 Å². The van der Waals surface area contributed by atoms with Crippen molar-refractivity contribution >= 4 is 28.6 Å². The summed E-state index contributed by atoms with van der Waals surface area (Å²) in [5.74, 6) is 0.958. The van der Waals surface area contributed by atoms with Crippen LogP contribution in [0.2, 0.25) is 0 Å². The molecule has 1 aromatic heterocycles. The molecule has 5 heteroatoms. The molecule has 0 saturated heterocycles. The molecule has 0 fully saturated rings. The lowest BCUT2D eigenvalue weighted by Gasteiger charge is -2.29. The Balaban J connectivity index is 2.00. The number of H-pyrrole nitrogens is 1. The smallest absolute Gasteiger partial charge is 0.240 e. The number of rotatable bonds is 4. The molecule has 1 N–H and O–H groups in total. The molecule has 0 aliphatic carbocycles. The largest absolute Gasteiger partial charge is 0.496 e. The van der Waals surface area contributed by atoms with Crippen LogP contribution in [0.5, 0.6) is 5.75 Å². The number of hydrogen-bond acceptors (Lipinski definition) is 3. The van der Waals surface area contributed by atoms with E-state index in [0.717, 1.165) is 38.4 Å². The minimum atomic E-state index is -0.273. The topological polar surface area (TPSA) is 45.3 Å². The van der Waals surface area contributed by atoms with Gasteiger partial charge in [-0.05, 0) is 32.0 Å². The van der Waals surface area contributed by atoms with Gasteiger partial charge < -0.3 is 14.6 Å².